The molecule has 34 heavy (non-hydrogen) atoms. The van der Waals surface area contributed by atoms with Gasteiger partial charge in [-0.05, 0) is 73.7 Å². The van der Waals surface area contributed by atoms with Gasteiger partial charge in [0.15, 0.2) is 0 Å². The highest BCUT2D eigenvalue weighted by molar-refractivity contribution is 6.30. The number of rotatable bonds is 4. The van der Waals surface area contributed by atoms with Crippen LogP contribution in [0.3, 0.4) is 0 Å². The van der Waals surface area contributed by atoms with E-state index >= 15 is 0 Å². The van der Waals surface area contributed by atoms with Crippen molar-refractivity contribution in [3.05, 3.63) is 53.6 Å². The third kappa shape index (κ3) is 4.09. The fraction of sp³-hybridized carbons (Fsp3) is 0.385. The Morgan fingerprint density at radius 2 is 1.56 bits per heavy atom. The number of hydrogen-bond acceptors (Lipinski definition) is 5. The van der Waals surface area contributed by atoms with Gasteiger partial charge in [-0.15, -0.1) is 0 Å². The molecule has 0 aromatic heterocycles. The van der Waals surface area contributed by atoms with Crippen LogP contribution in [0.1, 0.15) is 32.6 Å². The molecule has 8 heteroatoms. The first-order chi connectivity index (χ1) is 16.3. The summed E-state index contributed by atoms with van der Waals surface area (Å²) < 4.78 is 5.50. The van der Waals surface area contributed by atoms with Crippen molar-refractivity contribution >= 4 is 46.7 Å². The zero-order chi connectivity index (χ0) is 24.0. The van der Waals surface area contributed by atoms with Crippen molar-refractivity contribution in [1.82, 2.24) is 0 Å². The molecule has 0 radical (unpaired) electrons. The molecule has 176 valence electrons. The first-order valence-electron chi connectivity index (χ1n) is 11.6. The zero-order valence-corrected chi connectivity index (χ0v) is 19.5. The van der Waals surface area contributed by atoms with Crippen LogP contribution in [0.4, 0.5) is 11.4 Å². The Morgan fingerprint density at radius 3 is 2.26 bits per heavy atom. The minimum absolute atomic E-state index is 0.0670. The number of anilines is 2. The number of fused-ring (bicyclic) bond motifs is 1. The van der Waals surface area contributed by atoms with E-state index in [0.29, 0.717) is 28.1 Å². The molecule has 0 N–H and O–H groups in total. The third-order valence-corrected chi connectivity index (χ3v) is 7.35. The third-order valence-electron chi connectivity index (χ3n) is 7.10. The lowest BCUT2D eigenvalue weighted by atomic mass is 9.76. The highest BCUT2D eigenvalue weighted by Gasteiger charge is 2.50. The summed E-state index contributed by atoms with van der Waals surface area (Å²) in [4.78, 5) is 53.7. The Kier molecular flexibility index (Phi) is 5.90. The lowest BCUT2D eigenvalue weighted by Crippen LogP contribution is -2.30. The van der Waals surface area contributed by atoms with Gasteiger partial charge < -0.3 is 9.64 Å². The van der Waals surface area contributed by atoms with E-state index in [1.807, 2.05) is 0 Å². The number of amides is 3. The number of halogens is 1. The molecule has 2 aromatic rings. The summed E-state index contributed by atoms with van der Waals surface area (Å²) in [5.74, 6) is -1.24. The van der Waals surface area contributed by atoms with Gasteiger partial charge in [0.25, 0.3) is 0 Å². The van der Waals surface area contributed by atoms with Crippen LogP contribution >= 0.6 is 11.6 Å². The maximum atomic E-state index is 12.9. The Labute approximate surface area is 202 Å². The summed E-state index contributed by atoms with van der Waals surface area (Å²) in [7, 11) is 0. The minimum atomic E-state index is -0.588. The zero-order valence-electron chi connectivity index (χ0n) is 18.8. The van der Waals surface area contributed by atoms with E-state index in [2.05, 4.69) is 6.92 Å². The second-order valence-electron chi connectivity index (χ2n) is 9.44. The molecule has 1 aliphatic carbocycles. The molecule has 2 saturated heterocycles. The highest BCUT2D eigenvalue weighted by atomic mass is 35.5. The molecule has 5 rings (SSSR count). The SMILES string of the molecule is C[C@@H]1CC[C@@H]2C(=O)N(c3ccc(OC(=O)[C@H]4CC(=O)N(c5ccc(Cl)cc5)C4)cc3)C(=O)[C@@H]2C1. The first kappa shape index (κ1) is 22.6. The second-order valence-corrected chi connectivity index (χ2v) is 9.88. The van der Waals surface area contributed by atoms with E-state index in [1.54, 1.807) is 53.4 Å². The van der Waals surface area contributed by atoms with Gasteiger partial charge in [-0.1, -0.05) is 18.5 Å². The lowest BCUT2D eigenvalue weighted by molar-refractivity contribution is -0.139. The lowest BCUT2D eigenvalue weighted by Gasteiger charge is -2.25. The van der Waals surface area contributed by atoms with Crippen molar-refractivity contribution in [3.63, 3.8) is 0 Å². The number of benzene rings is 2. The van der Waals surface area contributed by atoms with Crippen LogP contribution in [0.15, 0.2) is 48.5 Å². The normalized spacial score (nSPS) is 26.7. The van der Waals surface area contributed by atoms with Crippen LogP contribution in [0.25, 0.3) is 0 Å². The highest BCUT2D eigenvalue weighted by Crippen LogP contribution is 2.42. The molecular formula is C26H25ClN2O5. The van der Waals surface area contributed by atoms with Gasteiger partial charge in [-0.25, -0.2) is 0 Å². The predicted octanol–water partition coefficient (Wildman–Crippen LogP) is 4.22. The van der Waals surface area contributed by atoms with E-state index in [-0.39, 0.29) is 42.5 Å². The molecule has 0 bridgehead atoms. The van der Waals surface area contributed by atoms with Crippen LogP contribution in [0, 0.1) is 23.7 Å². The van der Waals surface area contributed by atoms with Crippen molar-refractivity contribution in [2.75, 3.05) is 16.3 Å². The molecule has 2 heterocycles. The monoisotopic (exact) mass is 480 g/mol. The van der Waals surface area contributed by atoms with Crippen molar-refractivity contribution in [3.8, 4) is 5.75 Å². The Morgan fingerprint density at radius 1 is 0.912 bits per heavy atom. The second kappa shape index (κ2) is 8.87. The van der Waals surface area contributed by atoms with E-state index in [9.17, 15) is 19.2 Å². The van der Waals surface area contributed by atoms with E-state index < -0.39 is 11.9 Å². The fourth-order valence-electron chi connectivity index (χ4n) is 5.24. The summed E-state index contributed by atoms with van der Waals surface area (Å²) >= 11 is 5.91. The first-order valence-corrected chi connectivity index (χ1v) is 11.9. The van der Waals surface area contributed by atoms with Gasteiger partial charge in [0.1, 0.15) is 5.75 Å². The van der Waals surface area contributed by atoms with Crippen LogP contribution in [0.2, 0.25) is 5.02 Å². The number of esters is 1. The molecule has 7 nitrogen and oxygen atoms in total. The number of carbonyl (C=O) groups excluding carboxylic acids is 4. The van der Waals surface area contributed by atoms with Gasteiger partial charge in [-0.2, -0.15) is 0 Å². The largest absolute Gasteiger partial charge is 0.426 e. The summed E-state index contributed by atoms with van der Waals surface area (Å²) in [6.45, 7) is 2.35. The standard InChI is InChI=1S/C26H25ClN2O5/c1-15-2-11-21-22(12-15)25(32)29(24(21)31)19-7-9-20(10-8-19)34-26(33)16-13-23(30)28(14-16)18-5-3-17(27)4-6-18/h3-10,15-16,21-22H,2,11-14H2,1H3/t15-,16+,21+,22-/m1/s1. The van der Waals surface area contributed by atoms with Crippen LogP contribution in [-0.2, 0) is 19.2 Å². The molecule has 3 aliphatic rings. The van der Waals surface area contributed by atoms with Gasteiger partial charge in [0.2, 0.25) is 17.7 Å². The van der Waals surface area contributed by atoms with Crippen LogP contribution < -0.4 is 14.5 Å². The van der Waals surface area contributed by atoms with E-state index in [4.69, 9.17) is 16.3 Å². The quantitative estimate of drug-likeness (QED) is 0.371. The van der Waals surface area contributed by atoms with E-state index in [0.717, 1.165) is 19.3 Å². The van der Waals surface area contributed by atoms with Gasteiger partial charge in [0, 0.05) is 23.7 Å². The average molecular weight is 481 g/mol. The number of ether oxygens (including phenoxy) is 1. The van der Waals surface area contributed by atoms with Gasteiger partial charge in [0.05, 0.1) is 23.4 Å². The van der Waals surface area contributed by atoms with Crippen molar-refractivity contribution in [1.29, 1.82) is 0 Å². The number of nitrogens with zero attached hydrogens (tertiary/aromatic N) is 2. The van der Waals surface area contributed by atoms with Crippen LogP contribution in [0.5, 0.6) is 5.75 Å². The average Bonchev–Trinajstić information content (AvgIpc) is 3.32. The molecular weight excluding hydrogens is 456 g/mol. The topological polar surface area (TPSA) is 84.0 Å². The van der Waals surface area contributed by atoms with Gasteiger partial charge >= 0.3 is 5.97 Å². The molecule has 4 atom stereocenters. The molecule has 2 aliphatic heterocycles. The molecule has 3 fully saturated rings. The molecule has 0 spiro atoms. The summed E-state index contributed by atoms with van der Waals surface area (Å²) in [6.07, 6.45) is 2.52. The fourth-order valence-corrected chi connectivity index (χ4v) is 5.37. The van der Waals surface area contributed by atoms with Crippen molar-refractivity contribution in [2.45, 2.75) is 32.6 Å². The minimum Gasteiger partial charge on any atom is -0.426 e. The predicted molar refractivity (Wildman–Crippen MR) is 126 cm³/mol. The van der Waals surface area contributed by atoms with Gasteiger partial charge in [-0.3, -0.25) is 24.1 Å². The Balaban J connectivity index is 1.24. The number of imide groups is 1. The molecule has 1 saturated carbocycles. The molecule has 2 aromatic carbocycles. The number of hydrogen-bond donors (Lipinski definition) is 0. The summed E-state index contributed by atoms with van der Waals surface area (Å²) in [5, 5.41) is 0.570. The Bertz CT molecular complexity index is 1150. The Hall–Kier alpha value is -3.19. The summed E-state index contributed by atoms with van der Waals surface area (Å²) in [5.41, 5.74) is 1.17. The maximum absolute atomic E-state index is 12.9. The summed E-state index contributed by atoms with van der Waals surface area (Å²) in [6, 6.07) is 13.3. The van der Waals surface area contributed by atoms with E-state index in [1.165, 1.54) is 4.90 Å². The van der Waals surface area contributed by atoms with Crippen molar-refractivity contribution in [2.24, 2.45) is 23.7 Å². The smallest absolute Gasteiger partial charge is 0.316 e. The molecule has 0 unspecified atom stereocenters. The maximum Gasteiger partial charge on any atom is 0.316 e. The van der Waals surface area contributed by atoms with Crippen molar-refractivity contribution < 1.29 is 23.9 Å². The molecule has 3 amide bonds. The number of carbonyl (C=O) groups is 4. The van der Waals surface area contributed by atoms with Crippen LogP contribution in [-0.4, -0.2) is 30.2 Å².